The summed E-state index contributed by atoms with van der Waals surface area (Å²) in [5.41, 5.74) is 1.96. The van der Waals surface area contributed by atoms with Crippen LogP contribution >= 0.6 is 0 Å². The van der Waals surface area contributed by atoms with E-state index in [2.05, 4.69) is 15.6 Å². The number of anilines is 1. The van der Waals surface area contributed by atoms with E-state index in [0.29, 0.717) is 30.6 Å². The number of amides is 2. The van der Waals surface area contributed by atoms with Crippen molar-refractivity contribution in [3.8, 4) is 0 Å². The summed E-state index contributed by atoms with van der Waals surface area (Å²) in [6.07, 6.45) is -0.217. The van der Waals surface area contributed by atoms with E-state index in [1.165, 1.54) is 4.90 Å². The highest BCUT2D eigenvalue weighted by Gasteiger charge is 2.33. The molecule has 0 atom stereocenters. The molecule has 1 aliphatic rings. The van der Waals surface area contributed by atoms with E-state index in [1.807, 2.05) is 0 Å². The Morgan fingerprint density at radius 2 is 1.67 bits per heavy atom. The number of nitrogens with one attached hydrogen (secondary N) is 2. The topological polar surface area (TPSA) is 74.3 Å². The van der Waals surface area contributed by atoms with Gasteiger partial charge in [-0.15, -0.1) is 0 Å². The molecule has 160 valence electrons. The number of carbonyl (C=O) groups is 2. The second-order valence-electron chi connectivity index (χ2n) is 7.27. The normalized spacial score (nSPS) is 15.6. The maximum atomic E-state index is 12.4. The Kier molecular flexibility index (Phi) is 7.04. The molecular formula is C21H23F3N4O2. The van der Waals surface area contributed by atoms with Crippen LogP contribution in [0.5, 0.6) is 0 Å². The van der Waals surface area contributed by atoms with E-state index in [4.69, 9.17) is 0 Å². The molecule has 2 aromatic rings. The number of pyridine rings is 1. The van der Waals surface area contributed by atoms with Crippen LogP contribution in [0, 0.1) is 5.92 Å². The van der Waals surface area contributed by atoms with Gasteiger partial charge in [0.25, 0.3) is 5.91 Å². The van der Waals surface area contributed by atoms with Gasteiger partial charge in [0.1, 0.15) is 0 Å². The third kappa shape index (κ3) is 6.55. The van der Waals surface area contributed by atoms with Crippen LogP contribution in [-0.2, 0) is 11.3 Å². The number of nitrogens with zero attached hydrogens (tertiary/aromatic N) is 2. The van der Waals surface area contributed by atoms with Gasteiger partial charge in [-0.3, -0.25) is 19.5 Å². The molecule has 2 N–H and O–H groups in total. The summed E-state index contributed by atoms with van der Waals surface area (Å²) in [7, 11) is 0. The van der Waals surface area contributed by atoms with Crippen LogP contribution in [0.3, 0.4) is 0 Å². The molecule has 1 aromatic heterocycles. The Morgan fingerprint density at radius 1 is 1.03 bits per heavy atom. The minimum Gasteiger partial charge on any atom is -0.352 e. The van der Waals surface area contributed by atoms with Gasteiger partial charge in [-0.1, -0.05) is 12.1 Å². The van der Waals surface area contributed by atoms with Gasteiger partial charge in [-0.25, -0.2) is 0 Å². The van der Waals surface area contributed by atoms with Crippen molar-refractivity contribution in [2.24, 2.45) is 5.92 Å². The largest absolute Gasteiger partial charge is 0.401 e. The zero-order chi connectivity index (χ0) is 21.6. The molecule has 2 amide bonds. The van der Waals surface area contributed by atoms with Crippen molar-refractivity contribution in [1.29, 1.82) is 0 Å². The van der Waals surface area contributed by atoms with Crippen molar-refractivity contribution in [3.05, 3.63) is 59.9 Å². The number of aromatic nitrogens is 1. The van der Waals surface area contributed by atoms with Gasteiger partial charge in [-0.2, -0.15) is 13.2 Å². The van der Waals surface area contributed by atoms with Crippen LogP contribution in [0.15, 0.2) is 48.8 Å². The van der Waals surface area contributed by atoms with Gasteiger partial charge < -0.3 is 10.6 Å². The average Bonchev–Trinajstić information content (AvgIpc) is 2.72. The molecule has 1 fully saturated rings. The van der Waals surface area contributed by atoms with E-state index >= 15 is 0 Å². The maximum Gasteiger partial charge on any atom is 0.401 e. The molecule has 0 saturated carbocycles. The summed E-state index contributed by atoms with van der Waals surface area (Å²) in [6, 6.07) is 10.2. The lowest BCUT2D eigenvalue weighted by Crippen LogP contribution is -2.43. The predicted molar refractivity (Wildman–Crippen MR) is 106 cm³/mol. The molecule has 30 heavy (non-hydrogen) atoms. The second-order valence-corrected chi connectivity index (χ2v) is 7.27. The van der Waals surface area contributed by atoms with Crippen LogP contribution in [0.2, 0.25) is 0 Å². The highest BCUT2D eigenvalue weighted by molar-refractivity contribution is 6.04. The Labute approximate surface area is 172 Å². The summed E-state index contributed by atoms with van der Waals surface area (Å²) in [5, 5.41) is 5.60. The third-order valence-corrected chi connectivity index (χ3v) is 4.98. The van der Waals surface area contributed by atoms with Crippen LogP contribution in [-0.4, -0.2) is 47.5 Å². The van der Waals surface area contributed by atoms with Gasteiger partial charge in [-0.05, 0) is 55.8 Å². The lowest BCUT2D eigenvalue weighted by atomic mass is 9.96. The molecule has 0 spiro atoms. The fraction of sp³-hybridized carbons (Fsp3) is 0.381. The molecule has 3 rings (SSSR count). The van der Waals surface area contributed by atoms with E-state index in [-0.39, 0.29) is 30.8 Å². The summed E-state index contributed by atoms with van der Waals surface area (Å²) >= 11 is 0. The fourth-order valence-corrected chi connectivity index (χ4v) is 3.35. The smallest absolute Gasteiger partial charge is 0.352 e. The van der Waals surface area contributed by atoms with E-state index < -0.39 is 12.7 Å². The zero-order valence-corrected chi connectivity index (χ0v) is 16.3. The first-order valence-corrected chi connectivity index (χ1v) is 9.67. The number of benzene rings is 1. The Balaban J connectivity index is 1.44. The van der Waals surface area contributed by atoms with Crippen molar-refractivity contribution in [2.45, 2.75) is 25.6 Å². The molecule has 2 heterocycles. The molecule has 0 unspecified atom stereocenters. The number of halogens is 3. The van der Waals surface area contributed by atoms with Crippen LogP contribution in [0.25, 0.3) is 0 Å². The van der Waals surface area contributed by atoms with Gasteiger partial charge in [0, 0.05) is 36.1 Å². The van der Waals surface area contributed by atoms with Crippen molar-refractivity contribution in [1.82, 2.24) is 15.2 Å². The van der Waals surface area contributed by atoms with Gasteiger partial charge in [0.2, 0.25) is 5.91 Å². The highest BCUT2D eigenvalue weighted by Crippen LogP contribution is 2.22. The summed E-state index contributed by atoms with van der Waals surface area (Å²) in [5.74, 6) is -0.677. The standard InChI is InChI=1S/C21H23F3N4O2/c22-21(23,24)14-28-11-7-17(8-12-28)19(29)26-13-15-1-3-16(4-2-15)20(30)27-18-5-9-25-10-6-18/h1-6,9-10,17H,7-8,11-14H2,(H,26,29)(H,25,27,30). The Bertz CT molecular complexity index is 849. The molecule has 0 radical (unpaired) electrons. The lowest BCUT2D eigenvalue weighted by molar-refractivity contribution is -0.149. The molecule has 1 aromatic carbocycles. The number of alkyl halides is 3. The SMILES string of the molecule is O=C(Nc1ccncc1)c1ccc(CNC(=O)C2CCN(CC(F)(F)F)CC2)cc1. The summed E-state index contributed by atoms with van der Waals surface area (Å²) in [4.78, 5) is 29.8. The molecule has 6 nitrogen and oxygen atoms in total. The van der Waals surface area contributed by atoms with Crippen LogP contribution in [0.1, 0.15) is 28.8 Å². The number of likely N-dealkylation sites (tertiary alicyclic amines) is 1. The zero-order valence-electron chi connectivity index (χ0n) is 16.3. The van der Waals surface area contributed by atoms with Crippen LogP contribution < -0.4 is 10.6 Å². The van der Waals surface area contributed by atoms with Gasteiger partial charge in [0.05, 0.1) is 6.54 Å². The quantitative estimate of drug-likeness (QED) is 0.753. The number of hydrogen-bond acceptors (Lipinski definition) is 4. The van der Waals surface area contributed by atoms with Crippen molar-refractivity contribution >= 4 is 17.5 Å². The predicted octanol–water partition coefficient (Wildman–Crippen LogP) is 3.22. The van der Waals surface area contributed by atoms with Gasteiger partial charge >= 0.3 is 6.18 Å². The first-order chi connectivity index (χ1) is 14.3. The van der Waals surface area contributed by atoms with Crippen molar-refractivity contribution in [3.63, 3.8) is 0 Å². The maximum absolute atomic E-state index is 12.4. The molecule has 1 aliphatic heterocycles. The fourth-order valence-electron chi connectivity index (χ4n) is 3.35. The number of carbonyl (C=O) groups excluding carboxylic acids is 2. The van der Waals surface area contributed by atoms with E-state index in [0.717, 1.165) is 5.56 Å². The average molecular weight is 420 g/mol. The second kappa shape index (κ2) is 9.71. The highest BCUT2D eigenvalue weighted by atomic mass is 19.4. The van der Waals surface area contributed by atoms with Crippen molar-refractivity contribution < 1.29 is 22.8 Å². The van der Waals surface area contributed by atoms with E-state index in [1.54, 1.807) is 48.8 Å². The Hall–Kier alpha value is -2.94. The minimum absolute atomic E-state index is 0.152. The van der Waals surface area contributed by atoms with E-state index in [9.17, 15) is 22.8 Å². The van der Waals surface area contributed by atoms with Gasteiger partial charge in [0.15, 0.2) is 0 Å². The summed E-state index contributed by atoms with van der Waals surface area (Å²) in [6.45, 7) is -0.103. The van der Waals surface area contributed by atoms with Crippen molar-refractivity contribution in [2.75, 3.05) is 25.0 Å². The summed E-state index contributed by atoms with van der Waals surface area (Å²) < 4.78 is 37.3. The number of hydrogen-bond donors (Lipinski definition) is 2. The molecule has 9 heteroatoms. The molecule has 0 aliphatic carbocycles. The minimum atomic E-state index is -4.21. The first-order valence-electron chi connectivity index (χ1n) is 9.67. The molecule has 0 bridgehead atoms. The van der Waals surface area contributed by atoms with Crippen LogP contribution in [0.4, 0.5) is 18.9 Å². The lowest BCUT2D eigenvalue weighted by Gasteiger charge is -2.31. The first kappa shape index (κ1) is 21.8. The Morgan fingerprint density at radius 3 is 2.27 bits per heavy atom. The molecule has 1 saturated heterocycles. The number of piperidine rings is 1. The molecular weight excluding hydrogens is 397 g/mol. The monoisotopic (exact) mass is 420 g/mol. The number of rotatable bonds is 6. The third-order valence-electron chi connectivity index (χ3n) is 4.98.